The van der Waals surface area contributed by atoms with Crippen LogP contribution in [0.25, 0.3) is 0 Å². The van der Waals surface area contributed by atoms with Gasteiger partial charge in [-0.2, -0.15) is 0 Å². The largest absolute Gasteiger partial charge is 0.463 e. The molecule has 1 heterocycles. The van der Waals surface area contributed by atoms with Crippen LogP contribution in [0, 0.1) is 13.8 Å². The molecule has 0 aliphatic heterocycles. The molecule has 5 nitrogen and oxygen atoms in total. The molecule has 0 radical (unpaired) electrons. The Morgan fingerprint density at radius 1 is 1.20 bits per heavy atom. The number of nitrogens with one attached hydrogen (secondary N) is 2. The van der Waals surface area contributed by atoms with Crippen molar-refractivity contribution in [3.63, 3.8) is 0 Å². The summed E-state index contributed by atoms with van der Waals surface area (Å²) in [7, 11) is 0. The Bertz CT molecular complexity index is 704. The highest BCUT2D eigenvalue weighted by atomic mass is 16.4. The summed E-state index contributed by atoms with van der Waals surface area (Å²) >= 11 is 0. The van der Waals surface area contributed by atoms with Crippen LogP contribution >= 0.6 is 0 Å². The van der Waals surface area contributed by atoms with Crippen LogP contribution in [-0.4, -0.2) is 30.7 Å². The molecular formula is C20H29N3O2. The van der Waals surface area contributed by atoms with Gasteiger partial charge in [-0.05, 0) is 51.8 Å². The van der Waals surface area contributed by atoms with Crippen molar-refractivity contribution in [2.24, 2.45) is 4.99 Å². The summed E-state index contributed by atoms with van der Waals surface area (Å²) in [5.41, 5.74) is 1.43. The number of aliphatic imine (C=N–C) groups is 1. The smallest absolute Gasteiger partial charge is 0.191 e. The second kappa shape index (κ2) is 8.72. The molecule has 0 amide bonds. The maximum absolute atomic E-state index is 10.6. The van der Waals surface area contributed by atoms with Gasteiger partial charge in [0.15, 0.2) is 5.96 Å². The monoisotopic (exact) mass is 343 g/mol. The fourth-order valence-corrected chi connectivity index (χ4v) is 2.57. The lowest BCUT2D eigenvalue weighted by atomic mass is 10.0. The van der Waals surface area contributed by atoms with Crippen LogP contribution in [0.5, 0.6) is 0 Å². The Morgan fingerprint density at radius 3 is 2.64 bits per heavy atom. The highest BCUT2D eigenvalue weighted by molar-refractivity contribution is 5.79. The molecule has 0 saturated heterocycles. The first-order chi connectivity index (χ1) is 11.9. The van der Waals surface area contributed by atoms with Crippen LogP contribution in [0.15, 0.2) is 45.8 Å². The number of aliphatic hydroxyl groups is 1. The summed E-state index contributed by atoms with van der Waals surface area (Å²) in [6.07, 6.45) is 0.917. The Kier molecular flexibility index (Phi) is 6.65. The summed E-state index contributed by atoms with van der Waals surface area (Å²) < 4.78 is 5.53. The molecular weight excluding hydrogens is 314 g/mol. The number of rotatable bonds is 7. The molecule has 3 N–H and O–H groups in total. The minimum atomic E-state index is -1.13. The third-order valence-electron chi connectivity index (χ3n) is 3.95. The zero-order valence-electron chi connectivity index (χ0n) is 15.6. The standard InChI is InChI=1S/C20H29N3O2/c1-5-21-19(22-12-11-17-8-6-7-15(2)13-17)23-14-20(4,24)18-10-9-16(3)25-18/h6-10,13,24H,5,11-12,14H2,1-4H3,(H2,21,22,23). The van der Waals surface area contributed by atoms with E-state index in [1.165, 1.54) is 11.1 Å². The first-order valence-electron chi connectivity index (χ1n) is 8.78. The quantitative estimate of drug-likeness (QED) is 0.534. The highest BCUT2D eigenvalue weighted by Crippen LogP contribution is 2.23. The second-order valence-electron chi connectivity index (χ2n) is 6.55. The van der Waals surface area contributed by atoms with Gasteiger partial charge in [0.25, 0.3) is 0 Å². The molecule has 0 fully saturated rings. The van der Waals surface area contributed by atoms with Crippen molar-refractivity contribution in [2.45, 2.75) is 39.7 Å². The van der Waals surface area contributed by atoms with Crippen molar-refractivity contribution >= 4 is 5.96 Å². The fraction of sp³-hybridized carbons (Fsp3) is 0.450. The van der Waals surface area contributed by atoms with E-state index in [2.05, 4.69) is 46.8 Å². The van der Waals surface area contributed by atoms with Crippen molar-refractivity contribution in [1.29, 1.82) is 0 Å². The Balaban J connectivity index is 1.93. The van der Waals surface area contributed by atoms with Crippen molar-refractivity contribution in [1.82, 2.24) is 10.6 Å². The van der Waals surface area contributed by atoms with E-state index in [1.54, 1.807) is 13.0 Å². The molecule has 0 aliphatic rings. The van der Waals surface area contributed by atoms with E-state index < -0.39 is 5.60 Å². The fourth-order valence-electron chi connectivity index (χ4n) is 2.57. The van der Waals surface area contributed by atoms with Crippen LogP contribution < -0.4 is 10.6 Å². The van der Waals surface area contributed by atoms with Gasteiger partial charge in [0, 0.05) is 13.1 Å². The number of benzene rings is 1. The molecule has 1 aromatic heterocycles. The summed E-state index contributed by atoms with van der Waals surface area (Å²) in [6.45, 7) is 9.45. The Labute approximate surface area is 150 Å². The van der Waals surface area contributed by atoms with Gasteiger partial charge in [-0.1, -0.05) is 29.8 Å². The predicted octanol–water partition coefficient (Wildman–Crippen LogP) is 2.90. The molecule has 1 aromatic carbocycles. The number of hydrogen-bond acceptors (Lipinski definition) is 3. The summed E-state index contributed by atoms with van der Waals surface area (Å²) in [5.74, 6) is 2.01. The van der Waals surface area contributed by atoms with Gasteiger partial charge in [-0.25, -0.2) is 4.99 Å². The molecule has 25 heavy (non-hydrogen) atoms. The van der Waals surface area contributed by atoms with Crippen LogP contribution in [0.2, 0.25) is 0 Å². The van der Waals surface area contributed by atoms with Crippen molar-refractivity contribution in [3.05, 3.63) is 59.0 Å². The molecule has 0 saturated carbocycles. The van der Waals surface area contributed by atoms with E-state index in [-0.39, 0.29) is 6.54 Å². The maximum atomic E-state index is 10.6. The average molecular weight is 343 g/mol. The van der Waals surface area contributed by atoms with Gasteiger partial charge >= 0.3 is 0 Å². The first-order valence-corrected chi connectivity index (χ1v) is 8.78. The molecule has 0 aliphatic carbocycles. The van der Waals surface area contributed by atoms with Crippen LogP contribution in [0.4, 0.5) is 0 Å². The molecule has 2 rings (SSSR count). The summed E-state index contributed by atoms with van der Waals surface area (Å²) in [4.78, 5) is 4.50. The van der Waals surface area contributed by atoms with Gasteiger partial charge in [0.05, 0.1) is 6.54 Å². The van der Waals surface area contributed by atoms with E-state index >= 15 is 0 Å². The summed E-state index contributed by atoms with van der Waals surface area (Å²) in [6, 6.07) is 12.1. The zero-order valence-corrected chi connectivity index (χ0v) is 15.6. The maximum Gasteiger partial charge on any atom is 0.191 e. The van der Waals surface area contributed by atoms with Gasteiger partial charge < -0.3 is 20.2 Å². The molecule has 5 heteroatoms. The van der Waals surface area contributed by atoms with Crippen molar-refractivity contribution in [3.8, 4) is 0 Å². The van der Waals surface area contributed by atoms with Crippen LogP contribution in [0.1, 0.15) is 36.5 Å². The third-order valence-corrected chi connectivity index (χ3v) is 3.95. The lowest BCUT2D eigenvalue weighted by Crippen LogP contribution is -2.39. The molecule has 0 spiro atoms. The Morgan fingerprint density at radius 2 is 2.00 bits per heavy atom. The van der Waals surface area contributed by atoms with E-state index in [4.69, 9.17) is 4.42 Å². The number of aryl methyl sites for hydroxylation is 2. The molecule has 0 bridgehead atoms. The number of furan rings is 1. The van der Waals surface area contributed by atoms with Crippen LogP contribution in [-0.2, 0) is 12.0 Å². The molecule has 136 valence electrons. The van der Waals surface area contributed by atoms with E-state index in [0.29, 0.717) is 11.7 Å². The minimum absolute atomic E-state index is 0.222. The average Bonchev–Trinajstić information content (AvgIpc) is 3.00. The van der Waals surface area contributed by atoms with E-state index in [9.17, 15) is 5.11 Å². The summed E-state index contributed by atoms with van der Waals surface area (Å²) in [5, 5.41) is 17.1. The third kappa shape index (κ3) is 5.94. The lowest BCUT2D eigenvalue weighted by Gasteiger charge is -2.19. The first kappa shape index (κ1) is 19.1. The van der Waals surface area contributed by atoms with E-state index in [0.717, 1.165) is 25.3 Å². The van der Waals surface area contributed by atoms with Gasteiger partial charge in [-0.15, -0.1) is 0 Å². The van der Waals surface area contributed by atoms with Crippen molar-refractivity contribution in [2.75, 3.05) is 19.6 Å². The molecule has 2 aromatic rings. The zero-order chi connectivity index (χ0) is 18.3. The van der Waals surface area contributed by atoms with E-state index in [1.807, 2.05) is 19.9 Å². The Hall–Kier alpha value is -2.27. The second-order valence-corrected chi connectivity index (χ2v) is 6.55. The minimum Gasteiger partial charge on any atom is -0.463 e. The number of hydrogen-bond donors (Lipinski definition) is 3. The molecule has 1 unspecified atom stereocenters. The number of guanidine groups is 1. The lowest BCUT2D eigenvalue weighted by molar-refractivity contribution is 0.0428. The van der Waals surface area contributed by atoms with Gasteiger partial charge in [0.2, 0.25) is 0 Å². The predicted molar refractivity (Wildman–Crippen MR) is 102 cm³/mol. The normalized spacial score (nSPS) is 14.2. The topological polar surface area (TPSA) is 69.8 Å². The van der Waals surface area contributed by atoms with Gasteiger partial charge in [-0.3, -0.25) is 0 Å². The van der Waals surface area contributed by atoms with Crippen LogP contribution in [0.3, 0.4) is 0 Å². The van der Waals surface area contributed by atoms with Crippen molar-refractivity contribution < 1.29 is 9.52 Å². The molecule has 1 atom stereocenters. The number of nitrogens with zero attached hydrogens (tertiary/aromatic N) is 1. The highest BCUT2D eigenvalue weighted by Gasteiger charge is 2.26. The van der Waals surface area contributed by atoms with Gasteiger partial charge in [0.1, 0.15) is 17.1 Å². The SMILES string of the molecule is CCNC(=NCC(C)(O)c1ccc(C)o1)NCCc1cccc(C)c1.